The number of anilines is 1. The van der Waals surface area contributed by atoms with Gasteiger partial charge < -0.3 is 14.6 Å². The third-order valence-corrected chi connectivity index (χ3v) is 7.99. The summed E-state index contributed by atoms with van der Waals surface area (Å²) in [5.41, 5.74) is 3.82. The highest BCUT2D eigenvalue weighted by Crippen LogP contribution is 2.44. The normalized spacial score (nSPS) is 16.3. The third kappa shape index (κ3) is 5.05. The number of Topliss-reactive ketones (excluding diaryl/α,β-unsaturated/α-hetero) is 1. The second kappa shape index (κ2) is 10.9. The average molecular weight is 563 g/mol. The summed E-state index contributed by atoms with van der Waals surface area (Å²) in [7, 11) is 1.52. The van der Waals surface area contributed by atoms with Gasteiger partial charge in [0.1, 0.15) is 23.9 Å². The topological polar surface area (TPSA) is 89.0 Å². The first kappa shape index (κ1) is 26.3. The molecule has 6 rings (SSSR count). The van der Waals surface area contributed by atoms with Gasteiger partial charge in [0.25, 0.3) is 5.78 Å². The Labute approximate surface area is 240 Å². The molecule has 204 valence electrons. The lowest BCUT2D eigenvalue weighted by atomic mass is 9.95. The van der Waals surface area contributed by atoms with E-state index in [-0.39, 0.29) is 11.3 Å². The number of ketones is 1. The molecule has 4 aromatic carbocycles. The van der Waals surface area contributed by atoms with Crippen LogP contribution < -0.4 is 14.4 Å². The molecule has 1 aliphatic heterocycles. The molecule has 1 amide bonds. The summed E-state index contributed by atoms with van der Waals surface area (Å²) in [6.45, 7) is 2.39. The first-order valence-electron chi connectivity index (χ1n) is 13.0. The molecule has 0 saturated carbocycles. The number of thiazole rings is 1. The van der Waals surface area contributed by atoms with Crippen molar-refractivity contribution in [1.82, 2.24) is 4.98 Å². The number of hydrogen-bond donors (Lipinski definition) is 1. The van der Waals surface area contributed by atoms with Crippen molar-refractivity contribution < 1.29 is 24.2 Å². The van der Waals surface area contributed by atoms with E-state index in [4.69, 9.17) is 14.5 Å². The van der Waals surface area contributed by atoms with Crippen molar-refractivity contribution in [2.45, 2.75) is 19.6 Å². The van der Waals surface area contributed by atoms with Gasteiger partial charge in [-0.3, -0.25) is 14.5 Å². The molecule has 1 saturated heterocycles. The van der Waals surface area contributed by atoms with Crippen molar-refractivity contribution in [2.75, 3.05) is 12.0 Å². The van der Waals surface area contributed by atoms with Crippen LogP contribution in [0, 0.1) is 6.92 Å². The van der Waals surface area contributed by atoms with Crippen molar-refractivity contribution in [3.63, 3.8) is 0 Å². The summed E-state index contributed by atoms with van der Waals surface area (Å²) in [6, 6.07) is 28.7. The van der Waals surface area contributed by atoms with Gasteiger partial charge in [-0.15, -0.1) is 0 Å². The number of aliphatic hydroxyl groups excluding tert-OH is 1. The number of aliphatic hydroxyl groups is 1. The van der Waals surface area contributed by atoms with Gasteiger partial charge in [-0.2, -0.15) is 0 Å². The van der Waals surface area contributed by atoms with Crippen LogP contribution in [0.15, 0.2) is 103 Å². The van der Waals surface area contributed by atoms with Gasteiger partial charge in [-0.1, -0.05) is 72.0 Å². The van der Waals surface area contributed by atoms with Gasteiger partial charge in [0.2, 0.25) is 0 Å². The lowest BCUT2D eigenvalue weighted by Gasteiger charge is -2.23. The quantitative estimate of drug-likeness (QED) is 0.133. The second-order valence-corrected chi connectivity index (χ2v) is 10.7. The monoisotopic (exact) mass is 562 g/mol. The molecule has 0 bridgehead atoms. The van der Waals surface area contributed by atoms with Crippen molar-refractivity contribution >= 4 is 44.1 Å². The third-order valence-electron chi connectivity index (χ3n) is 6.97. The number of aromatic nitrogens is 1. The van der Waals surface area contributed by atoms with E-state index in [0.29, 0.717) is 34.4 Å². The van der Waals surface area contributed by atoms with Crippen LogP contribution in [0.3, 0.4) is 0 Å². The predicted molar refractivity (Wildman–Crippen MR) is 159 cm³/mol. The van der Waals surface area contributed by atoms with Gasteiger partial charge in [-0.05, 0) is 60.0 Å². The summed E-state index contributed by atoms with van der Waals surface area (Å²) in [5, 5.41) is 11.8. The summed E-state index contributed by atoms with van der Waals surface area (Å²) >= 11 is 1.33. The minimum absolute atomic E-state index is 0.0170. The molecule has 1 N–H and O–H groups in total. The van der Waals surface area contributed by atoms with E-state index in [0.717, 1.165) is 21.3 Å². The molecule has 8 heteroatoms. The molecule has 1 atom stereocenters. The number of methoxy groups -OCH3 is 1. The van der Waals surface area contributed by atoms with Crippen molar-refractivity contribution in [3.05, 3.63) is 125 Å². The molecule has 1 fully saturated rings. The molecule has 1 aromatic heterocycles. The number of benzene rings is 4. The number of rotatable bonds is 7. The number of aryl methyl sites for hydroxylation is 1. The second-order valence-electron chi connectivity index (χ2n) is 9.71. The Hall–Kier alpha value is -4.95. The fraction of sp³-hybridized carbons (Fsp3) is 0.121. The number of ether oxygens (including phenoxy) is 2. The number of nitrogens with zero attached hydrogens (tertiary/aromatic N) is 2. The maximum absolute atomic E-state index is 13.6. The molecule has 1 unspecified atom stereocenters. The smallest absolute Gasteiger partial charge is 0.301 e. The number of amides is 1. The molecule has 2 heterocycles. The molecule has 5 aromatic rings. The first-order chi connectivity index (χ1) is 19.9. The maximum Gasteiger partial charge on any atom is 0.301 e. The van der Waals surface area contributed by atoms with Gasteiger partial charge in [0.15, 0.2) is 5.13 Å². The van der Waals surface area contributed by atoms with Crippen LogP contribution in [0.4, 0.5) is 5.13 Å². The fourth-order valence-corrected chi connectivity index (χ4v) is 5.97. The highest BCUT2D eigenvalue weighted by atomic mass is 32.1. The van der Waals surface area contributed by atoms with E-state index in [2.05, 4.69) is 0 Å². The number of hydrogen-bond acceptors (Lipinski definition) is 7. The Balaban J connectivity index is 1.44. The zero-order chi connectivity index (χ0) is 28.5. The van der Waals surface area contributed by atoms with Crippen molar-refractivity contribution in [2.24, 2.45) is 0 Å². The molecule has 0 spiro atoms. The van der Waals surface area contributed by atoms with Gasteiger partial charge >= 0.3 is 5.91 Å². The average Bonchev–Trinajstić information content (AvgIpc) is 3.53. The van der Waals surface area contributed by atoms with E-state index in [9.17, 15) is 14.7 Å². The number of carbonyl (C=O) groups excluding carboxylic acids is 2. The molecular weight excluding hydrogens is 536 g/mol. The lowest BCUT2D eigenvalue weighted by Crippen LogP contribution is -2.29. The van der Waals surface area contributed by atoms with Crippen LogP contribution in [-0.4, -0.2) is 28.9 Å². The van der Waals surface area contributed by atoms with Crippen LogP contribution in [-0.2, 0) is 16.2 Å². The van der Waals surface area contributed by atoms with E-state index >= 15 is 0 Å². The summed E-state index contributed by atoms with van der Waals surface area (Å²) in [5.74, 6) is -0.662. The van der Waals surface area contributed by atoms with Crippen LogP contribution >= 0.6 is 11.3 Å². The Morgan fingerprint density at radius 1 is 0.927 bits per heavy atom. The van der Waals surface area contributed by atoms with E-state index in [1.54, 1.807) is 48.5 Å². The molecule has 0 radical (unpaired) electrons. The van der Waals surface area contributed by atoms with Crippen LogP contribution in [0.5, 0.6) is 11.5 Å². The molecular formula is C33H26N2O5S. The molecule has 0 aliphatic carbocycles. The summed E-state index contributed by atoms with van der Waals surface area (Å²) in [4.78, 5) is 33.2. The molecule has 1 aliphatic rings. The minimum atomic E-state index is -0.897. The lowest BCUT2D eigenvalue weighted by molar-refractivity contribution is -0.132. The summed E-state index contributed by atoms with van der Waals surface area (Å²) < 4.78 is 12.2. The van der Waals surface area contributed by atoms with E-state index in [1.165, 1.54) is 23.3 Å². The number of fused-ring (bicyclic) bond motifs is 1. The van der Waals surface area contributed by atoms with Gasteiger partial charge in [-0.25, -0.2) is 4.98 Å². The summed E-state index contributed by atoms with van der Waals surface area (Å²) in [6.07, 6.45) is 0. The van der Waals surface area contributed by atoms with Crippen molar-refractivity contribution in [3.8, 4) is 11.5 Å². The SMILES string of the molecule is COc1cccc(/C(O)=C2\C(=O)C(=O)N(c3nc4ccc(C)cc4s3)C2c2ccc(OCc3ccccc3)cc2)c1. The van der Waals surface area contributed by atoms with Gasteiger partial charge in [0.05, 0.1) is 28.9 Å². The Morgan fingerprint density at radius 3 is 2.46 bits per heavy atom. The number of carbonyl (C=O) groups is 2. The van der Waals surface area contributed by atoms with Crippen LogP contribution in [0.1, 0.15) is 28.3 Å². The van der Waals surface area contributed by atoms with Gasteiger partial charge in [0, 0.05) is 5.56 Å². The predicted octanol–water partition coefficient (Wildman–Crippen LogP) is 6.82. The van der Waals surface area contributed by atoms with Crippen LogP contribution in [0.25, 0.3) is 16.0 Å². The highest BCUT2D eigenvalue weighted by Gasteiger charge is 2.48. The fourth-order valence-electron chi connectivity index (χ4n) is 4.88. The Bertz CT molecular complexity index is 1790. The van der Waals surface area contributed by atoms with Crippen LogP contribution in [0.2, 0.25) is 0 Å². The van der Waals surface area contributed by atoms with E-state index in [1.807, 2.05) is 55.5 Å². The standard InChI is InChI=1S/C33H26N2O5S/c1-20-11-16-26-27(17-20)41-33(34-26)35-29(22-12-14-24(15-13-22)40-19-21-7-4-3-5-8-21)28(31(37)32(35)38)30(36)23-9-6-10-25(18-23)39-2/h3-18,29,36H,19H2,1-2H3/b30-28+. The van der Waals surface area contributed by atoms with E-state index < -0.39 is 17.7 Å². The Morgan fingerprint density at radius 2 is 1.71 bits per heavy atom. The maximum atomic E-state index is 13.6. The largest absolute Gasteiger partial charge is 0.507 e. The molecule has 7 nitrogen and oxygen atoms in total. The zero-order valence-corrected chi connectivity index (χ0v) is 23.2. The first-order valence-corrected chi connectivity index (χ1v) is 13.8. The zero-order valence-electron chi connectivity index (χ0n) is 22.4. The van der Waals surface area contributed by atoms with Crippen molar-refractivity contribution in [1.29, 1.82) is 0 Å². The molecule has 41 heavy (non-hydrogen) atoms. The Kier molecular flexibility index (Phi) is 6.99. The highest BCUT2D eigenvalue weighted by molar-refractivity contribution is 7.22. The minimum Gasteiger partial charge on any atom is -0.507 e.